The van der Waals surface area contributed by atoms with Crippen molar-refractivity contribution in [3.63, 3.8) is 0 Å². The van der Waals surface area contributed by atoms with Crippen molar-refractivity contribution in [3.05, 3.63) is 23.0 Å². The second kappa shape index (κ2) is 3.82. The highest BCUT2D eigenvalue weighted by atomic mass is 32.1. The molecule has 2 N–H and O–H groups in total. The zero-order valence-corrected chi connectivity index (χ0v) is 8.98. The number of nitrogens with zero attached hydrogens (tertiary/aromatic N) is 1. The normalized spacial score (nSPS) is 29.6. The monoisotopic (exact) mass is 202 g/mol. The topological polar surface area (TPSA) is 29.3 Å². The standard InChI is InChI=1S/C9H15FN2S/c1-5-4-7(10)6(2)9(8(5)11)12(3)13/h4,8-9,13H,11H2,1-3H3. The summed E-state index contributed by atoms with van der Waals surface area (Å²) in [6, 6.07) is -0.310. The highest BCUT2D eigenvalue weighted by molar-refractivity contribution is 7.77. The largest absolute Gasteiger partial charge is 0.323 e. The first kappa shape index (κ1) is 10.8. The summed E-state index contributed by atoms with van der Waals surface area (Å²) < 4.78 is 14.9. The second-order valence-corrected chi connectivity index (χ2v) is 4.09. The molecule has 1 rings (SSSR count). The van der Waals surface area contributed by atoms with Gasteiger partial charge in [-0.2, -0.15) is 0 Å². The number of thiol groups is 1. The van der Waals surface area contributed by atoms with Crippen LogP contribution in [-0.2, 0) is 0 Å². The molecule has 0 bridgehead atoms. The van der Waals surface area contributed by atoms with Gasteiger partial charge >= 0.3 is 0 Å². The summed E-state index contributed by atoms with van der Waals surface area (Å²) in [6.07, 6.45) is 1.49. The second-order valence-electron chi connectivity index (χ2n) is 3.46. The SMILES string of the molecule is CC1=CC(F)=C(C)C(N(C)S)C1N. The lowest BCUT2D eigenvalue weighted by Crippen LogP contribution is -2.45. The Morgan fingerprint density at radius 2 is 2.08 bits per heavy atom. The Morgan fingerprint density at radius 1 is 1.54 bits per heavy atom. The number of nitrogens with two attached hydrogens (primary N) is 1. The van der Waals surface area contributed by atoms with Crippen molar-refractivity contribution in [1.82, 2.24) is 4.31 Å². The first-order valence-corrected chi connectivity index (χ1v) is 4.57. The molecular weight excluding hydrogens is 187 g/mol. The number of hydrogen-bond acceptors (Lipinski definition) is 3. The minimum Gasteiger partial charge on any atom is -0.323 e. The van der Waals surface area contributed by atoms with Crippen LogP contribution in [-0.4, -0.2) is 23.4 Å². The van der Waals surface area contributed by atoms with Crippen LogP contribution in [0.2, 0.25) is 0 Å². The van der Waals surface area contributed by atoms with E-state index in [4.69, 9.17) is 5.73 Å². The average Bonchev–Trinajstić information content (AvgIpc) is 2.01. The minimum atomic E-state index is -0.190. The maximum atomic E-state index is 13.3. The van der Waals surface area contributed by atoms with Crippen molar-refractivity contribution < 1.29 is 4.39 Å². The van der Waals surface area contributed by atoms with Crippen molar-refractivity contribution >= 4 is 12.8 Å². The molecule has 74 valence electrons. The lowest BCUT2D eigenvalue weighted by molar-refractivity contribution is 0.399. The van der Waals surface area contributed by atoms with Gasteiger partial charge in [0, 0.05) is 6.04 Å². The predicted molar refractivity (Wildman–Crippen MR) is 56.1 cm³/mol. The number of halogens is 1. The summed E-state index contributed by atoms with van der Waals surface area (Å²) in [4.78, 5) is 0. The summed E-state index contributed by atoms with van der Waals surface area (Å²) in [5.74, 6) is -0.190. The van der Waals surface area contributed by atoms with Gasteiger partial charge in [0.1, 0.15) is 5.83 Å². The molecule has 0 spiro atoms. The van der Waals surface area contributed by atoms with Crippen molar-refractivity contribution in [2.45, 2.75) is 25.9 Å². The molecule has 0 saturated carbocycles. The summed E-state index contributed by atoms with van der Waals surface area (Å²) in [7, 11) is 1.78. The van der Waals surface area contributed by atoms with E-state index in [1.54, 1.807) is 18.3 Å². The molecule has 0 aromatic rings. The van der Waals surface area contributed by atoms with E-state index in [9.17, 15) is 4.39 Å². The van der Waals surface area contributed by atoms with Gasteiger partial charge in [-0.25, -0.2) is 8.70 Å². The minimum absolute atomic E-state index is 0.145. The van der Waals surface area contributed by atoms with E-state index in [-0.39, 0.29) is 17.9 Å². The zero-order valence-electron chi connectivity index (χ0n) is 8.08. The van der Waals surface area contributed by atoms with Gasteiger partial charge in [0.2, 0.25) is 0 Å². The Labute approximate surface area is 83.8 Å². The van der Waals surface area contributed by atoms with Gasteiger partial charge < -0.3 is 5.73 Å². The zero-order chi connectivity index (χ0) is 10.2. The molecule has 0 radical (unpaired) electrons. The van der Waals surface area contributed by atoms with E-state index >= 15 is 0 Å². The molecule has 0 amide bonds. The average molecular weight is 202 g/mol. The molecule has 0 fully saturated rings. The predicted octanol–water partition coefficient (Wildman–Crippen LogP) is 1.66. The quantitative estimate of drug-likeness (QED) is 0.633. The van der Waals surface area contributed by atoms with E-state index in [2.05, 4.69) is 12.8 Å². The van der Waals surface area contributed by atoms with E-state index < -0.39 is 0 Å². The molecule has 0 saturated heterocycles. The molecule has 0 aromatic carbocycles. The lowest BCUT2D eigenvalue weighted by atomic mass is 9.90. The van der Waals surface area contributed by atoms with Crippen molar-refractivity contribution in [2.24, 2.45) is 5.73 Å². The number of hydrogen-bond donors (Lipinski definition) is 2. The summed E-state index contributed by atoms with van der Waals surface area (Å²) >= 11 is 4.17. The van der Waals surface area contributed by atoms with E-state index in [0.717, 1.165) is 5.57 Å². The van der Waals surface area contributed by atoms with Gasteiger partial charge in [-0.15, -0.1) is 0 Å². The Bertz CT molecular complexity index is 271. The summed E-state index contributed by atoms with van der Waals surface area (Å²) in [5, 5.41) is 0. The van der Waals surface area contributed by atoms with E-state index in [0.29, 0.717) is 5.57 Å². The van der Waals surface area contributed by atoms with Crippen LogP contribution < -0.4 is 5.73 Å². The Balaban J connectivity index is 3.05. The molecule has 0 heterocycles. The fourth-order valence-electron chi connectivity index (χ4n) is 1.58. The summed E-state index contributed by atoms with van der Waals surface area (Å²) in [6.45, 7) is 3.58. The Kier molecular flexibility index (Phi) is 3.16. The van der Waals surface area contributed by atoms with Crippen LogP contribution in [0.5, 0.6) is 0 Å². The maximum Gasteiger partial charge on any atom is 0.123 e. The van der Waals surface area contributed by atoms with Crippen LogP contribution in [0.4, 0.5) is 4.39 Å². The highest BCUT2D eigenvalue weighted by Gasteiger charge is 2.29. The van der Waals surface area contributed by atoms with Crippen molar-refractivity contribution in [3.8, 4) is 0 Å². The van der Waals surface area contributed by atoms with Gasteiger partial charge in [-0.1, -0.05) is 18.4 Å². The molecule has 2 nitrogen and oxygen atoms in total. The lowest BCUT2D eigenvalue weighted by Gasteiger charge is -2.33. The number of rotatable bonds is 1. The number of allylic oxidation sites excluding steroid dienone is 2. The molecule has 13 heavy (non-hydrogen) atoms. The maximum absolute atomic E-state index is 13.3. The van der Waals surface area contributed by atoms with Crippen molar-refractivity contribution in [2.75, 3.05) is 7.05 Å². The molecular formula is C9H15FN2S. The van der Waals surface area contributed by atoms with Crippen LogP contribution >= 0.6 is 12.8 Å². The highest BCUT2D eigenvalue weighted by Crippen LogP contribution is 2.27. The Morgan fingerprint density at radius 3 is 2.54 bits per heavy atom. The molecule has 4 heteroatoms. The van der Waals surface area contributed by atoms with Crippen molar-refractivity contribution in [1.29, 1.82) is 0 Å². The van der Waals surface area contributed by atoms with Crippen LogP contribution in [0, 0.1) is 0 Å². The molecule has 1 aliphatic rings. The third-order valence-electron chi connectivity index (χ3n) is 2.44. The number of likely N-dealkylation sites (N-methyl/N-ethyl adjacent to an activating group) is 1. The van der Waals surface area contributed by atoms with Crippen LogP contribution in [0.1, 0.15) is 13.8 Å². The smallest absolute Gasteiger partial charge is 0.123 e. The molecule has 2 unspecified atom stereocenters. The van der Waals surface area contributed by atoms with Gasteiger partial charge in [-0.05, 0) is 32.5 Å². The first-order chi connectivity index (χ1) is 5.95. The Hall–Kier alpha value is -0.320. The third kappa shape index (κ3) is 1.95. The molecule has 0 aliphatic heterocycles. The van der Waals surface area contributed by atoms with Gasteiger partial charge in [-0.3, -0.25) is 0 Å². The first-order valence-electron chi connectivity index (χ1n) is 4.17. The van der Waals surface area contributed by atoms with Gasteiger partial charge in [0.15, 0.2) is 0 Å². The fourth-order valence-corrected chi connectivity index (χ4v) is 1.90. The fraction of sp³-hybridized carbons (Fsp3) is 0.556. The molecule has 1 aliphatic carbocycles. The van der Waals surface area contributed by atoms with Crippen LogP contribution in [0.3, 0.4) is 0 Å². The molecule has 0 aromatic heterocycles. The van der Waals surface area contributed by atoms with Crippen LogP contribution in [0.25, 0.3) is 0 Å². The molecule has 2 atom stereocenters. The van der Waals surface area contributed by atoms with Gasteiger partial charge in [0.25, 0.3) is 0 Å². The van der Waals surface area contributed by atoms with Gasteiger partial charge in [0.05, 0.1) is 6.04 Å². The van der Waals surface area contributed by atoms with Crippen LogP contribution in [0.15, 0.2) is 23.0 Å². The van der Waals surface area contributed by atoms with E-state index in [1.807, 2.05) is 6.92 Å². The van der Waals surface area contributed by atoms with E-state index in [1.165, 1.54) is 6.08 Å². The summed E-state index contributed by atoms with van der Waals surface area (Å²) in [5.41, 5.74) is 7.42. The third-order valence-corrected chi connectivity index (χ3v) is 2.69.